The smallest absolute Gasteiger partial charge is 0.321 e. The molecule has 0 atom stereocenters. The number of hydrogen-bond donors (Lipinski definition) is 0. The summed E-state index contributed by atoms with van der Waals surface area (Å²) in [6, 6.07) is 4.89. The van der Waals surface area contributed by atoms with Crippen molar-refractivity contribution in [2.75, 3.05) is 4.90 Å². The molecule has 0 unspecified atom stereocenters. The van der Waals surface area contributed by atoms with Gasteiger partial charge in [0.25, 0.3) is 5.91 Å². The summed E-state index contributed by atoms with van der Waals surface area (Å²) in [5.41, 5.74) is -0.339. The largest absolute Gasteiger partial charge is 0.476 e. The number of fused-ring (bicyclic) bond motifs is 1. The van der Waals surface area contributed by atoms with Gasteiger partial charge >= 0.3 is 6.55 Å². The highest BCUT2D eigenvalue weighted by Gasteiger charge is 2.44. The Morgan fingerprint density at radius 2 is 2.00 bits per heavy atom. The van der Waals surface area contributed by atoms with Crippen molar-refractivity contribution in [1.82, 2.24) is 0 Å². The monoisotopic (exact) mass is 241 g/mol. The van der Waals surface area contributed by atoms with Gasteiger partial charge < -0.3 is 4.74 Å². The van der Waals surface area contributed by atoms with Crippen LogP contribution in [-0.4, -0.2) is 18.1 Å². The third-order valence-corrected chi connectivity index (χ3v) is 2.67. The molecular formula is C12H13F2NO2. The van der Waals surface area contributed by atoms with Crippen molar-refractivity contribution in [1.29, 1.82) is 0 Å². The number of carbonyl (C=O) groups is 1. The van der Waals surface area contributed by atoms with Crippen LogP contribution >= 0.6 is 0 Å². The zero-order valence-corrected chi connectivity index (χ0v) is 9.83. The van der Waals surface area contributed by atoms with E-state index in [2.05, 4.69) is 0 Å². The molecule has 1 aromatic rings. The summed E-state index contributed by atoms with van der Waals surface area (Å²) in [7, 11) is 0. The molecule has 1 heterocycles. The number of anilines is 1. The standard InChI is InChI=1S/C12H13F2NO2/c1-7-4-5-9-8(6-7)15(11(13)14)10(16)12(2,3)17-9/h4-6,11H,1-3H3. The van der Waals surface area contributed by atoms with E-state index in [1.807, 2.05) is 0 Å². The molecule has 0 bridgehead atoms. The lowest BCUT2D eigenvalue weighted by Gasteiger charge is -2.38. The second-order valence-corrected chi connectivity index (χ2v) is 4.54. The third kappa shape index (κ3) is 1.85. The van der Waals surface area contributed by atoms with Crippen LogP contribution in [0.1, 0.15) is 19.4 Å². The minimum atomic E-state index is -2.87. The van der Waals surface area contributed by atoms with Crippen molar-refractivity contribution >= 4 is 11.6 Å². The van der Waals surface area contributed by atoms with Crippen LogP contribution in [0.4, 0.5) is 14.5 Å². The minimum Gasteiger partial charge on any atom is -0.476 e. The fourth-order valence-electron chi connectivity index (χ4n) is 1.81. The van der Waals surface area contributed by atoms with Gasteiger partial charge in [-0.3, -0.25) is 4.79 Å². The molecule has 1 amide bonds. The number of aryl methyl sites for hydroxylation is 1. The van der Waals surface area contributed by atoms with Gasteiger partial charge in [0.05, 0.1) is 5.69 Å². The minimum absolute atomic E-state index is 0.129. The Balaban J connectivity index is 2.59. The SMILES string of the molecule is Cc1ccc2c(c1)N(C(F)F)C(=O)C(C)(C)O2. The molecule has 0 saturated carbocycles. The quantitative estimate of drug-likeness (QED) is 0.707. The molecule has 92 valence electrons. The highest BCUT2D eigenvalue weighted by atomic mass is 19.3. The van der Waals surface area contributed by atoms with Gasteiger partial charge in [-0.25, -0.2) is 4.90 Å². The topological polar surface area (TPSA) is 29.5 Å². The number of amides is 1. The summed E-state index contributed by atoms with van der Waals surface area (Å²) in [4.78, 5) is 12.4. The molecule has 2 rings (SSSR count). The van der Waals surface area contributed by atoms with Crippen LogP contribution in [0.15, 0.2) is 18.2 Å². The first-order valence-electron chi connectivity index (χ1n) is 5.24. The predicted octanol–water partition coefficient (Wildman–Crippen LogP) is 2.72. The Morgan fingerprint density at radius 3 is 2.59 bits per heavy atom. The van der Waals surface area contributed by atoms with Gasteiger partial charge in [-0.05, 0) is 38.5 Å². The number of ether oxygens (including phenoxy) is 1. The fraction of sp³-hybridized carbons (Fsp3) is 0.417. The van der Waals surface area contributed by atoms with Crippen LogP contribution in [0.25, 0.3) is 0 Å². The lowest BCUT2D eigenvalue weighted by atomic mass is 10.0. The van der Waals surface area contributed by atoms with E-state index in [9.17, 15) is 13.6 Å². The van der Waals surface area contributed by atoms with Crippen LogP contribution in [0.2, 0.25) is 0 Å². The molecule has 1 aromatic carbocycles. The molecule has 1 aliphatic heterocycles. The number of rotatable bonds is 1. The first-order chi connectivity index (χ1) is 7.83. The van der Waals surface area contributed by atoms with E-state index >= 15 is 0 Å². The first-order valence-corrected chi connectivity index (χ1v) is 5.24. The molecule has 17 heavy (non-hydrogen) atoms. The fourth-order valence-corrected chi connectivity index (χ4v) is 1.81. The van der Waals surface area contributed by atoms with E-state index in [4.69, 9.17) is 4.74 Å². The van der Waals surface area contributed by atoms with Crippen molar-refractivity contribution in [3.05, 3.63) is 23.8 Å². The Labute approximate surface area is 98.0 Å². The molecule has 0 spiro atoms. The number of alkyl halides is 2. The zero-order chi connectivity index (χ0) is 12.8. The second-order valence-electron chi connectivity index (χ2n) is 4.54. The van der Waals surface area contributed by atoms with E-state index in [0.717, 1.165) is 5.56 Å². The number of nitrogens with zero attached hydrogens (tertiary/aromatic N) is 1. The Morgan fingerprint density at radius 1 is 1.35 bits per heavy atom. The van der Waals surface area contributed by atoms with Gasteiger partial charge in [-0.1, -0.05) is 6.07 Å². The van der Waals surface area contributed by atoms with E-state index in [0.29, 0.717) is 10.6 Å². The molecule has 0 fully saturated rings. The van der Waals surface area contributed by atoms with Crippen molar-refractivity contribution in [2.24, 2.45) is 0 Å². The Hall–Kier alpha value is -1.65. The van der Waals surface area contributed by atoms with Crippen molar-refractivity contribution in [3.63, 3.8) is 0 Å². The summed E-state index contributed by atoms with van der Waals surface area (Å²) in [5, 5.41) is 0. The van der Waals surface area contributed by atoms with Gasteiger partial charge in [-0.2, -0.15) is 8.78 Å². The summed E-state index contributed by atoms with van der Waals surface area (Å²) in [5.74, 6) is -0.425. The van der Waals surface area contributed by atoms with Gasteiger partial charge in [-0.15, -0.1) is 0 Å². The van der Waals surface area contributed by atoms with E-state index in [-0.39, 0.29) is 5.69 Å². The molecule has 0 N–H and O–H groups in total. The van der Waals surface area contributed by atoms with Crippen LogP contribution < -0.4 is 9.64 Å². The molecule has 1 aliphatic rings. The zero-order valence-electron chi connectivity index (χ0n) is 9.83. The van der Waals surface area contributed by atoms with Crippen molar-refractivity contribution in [2.45, 2.75) is 32.9 Å². The van der Waals surface area contributed by atoms with E-state index in [1.54, 1.807) is 19.1 Å². The molecule has 0 aromatic heterocycles. The lowest BCUT2D eigenvalue weighted by Crippen LogP contribution is -2.54. The van der Waals surface area contributed by atoms with E-state index < -0.39 is 18.1 Å². The Kier molecular flexibility index (Phi) is 2.56. The van der Waals surface area contributed by atoms with Gasteiger partial charge in [0.2, 0.25) is 0 Å². The maximum atomic E-state index is 13.0. The summed E-state index contributed by atoms with van der Waals surface area (Å²) in [6.07, 6.45) is 0. The molecule has 5 heteroatoms. The highest BCUT2D eigenvalue weighted by molar-refractivity contribution is 6.02. The lowest BCUT2D eigenvalue weighted by molar-refractivity contribution is -0.135. The molecule has 0 radical (unpaired) electrons. The maximum Gasteiger partial charge on any atom is 0.321 e. The number of hydrogen-bond acceptors (Lipinski definition) is 2. The molecule has 0 saturated heterocycles. The van der Waals surface area contributed by atoms with Crippen LogP contribution in [-0.2, 0) is 4.79 Å². The number of benzene rings is 1. The van der Waals surface area contributed by atoms with Crippen molar-refractivity contribution in [3.8, 4) is 5.75 Å². The molecular weight excluding hydrogens is 228 g/mol. The average Bonchev–Trinajstić information content (AvgIpc) is 2.20. The van der Waals surface area contributed by atoms with E-state index in [1.165, 1.54) is 19.9 Å². The third-order valence-electron chi connectivity index (χ3n) is 2.67. The summed E-state index contributed by atoms with van der Waals surface area (Å²) < 4.78 is 31.4. The average molecular weight is 241 g/mol. The highest BCUT2D eigenvalue weighted by Crippen LogP contribution is 2.39. The summed E-state index contributed by atoms with van der Waals surface area (Å²) in [6.45, 7) is 1.86. The summed E-state index contributed by atoms with van der Waals surface area (Å²) >= 11 is 0. The van der Waals surface area contributed by atoms with Crippen LogP contribution in [0.3, 0.4) is 0 Å². The molecule has 3 nitrogen and oxygen atoms in total. The second kappa shape index (κ2) is 3.68. The normalized spacial score (nSPS) is 18.0. The molecule has 0 aliphatic carbocycles. The number of halogens is 2. The van der Waals surface area contributed by atoms with Gasteiger partial charge in [0, 0.05) is 0 Å². The van der Waals surface area contributed by atoms with Gasteiger partial charge in [0.1, 0.15) is 5.75 Å². The van der Waals surface area contributed by atoms with Gasteiger partial charge in [0.15, 0.2) is 5.60 Å². The number of carbonyl (C=O) groups excluding carboxylic acids is 1. The van der Waals surface area contributed by atoms with Crippen LogP contribution in [0, 0.1) is 6.92 Å². The Bertz CT molecular complexity index is 472. The van der Waals surface area contributed by atoms with Crippen molar-refractivity contribution < 1.29 is 18.3 Å². The first kappa shape index (κ1) is 11.8. The predicted molar refractivity (Wildman–Crippen MR) is 59.4 cm³/mol. The maximum absolute atomic E-state index is 13.0. The van der Waals surface area contributed by atoms with Crippen LogP contribution in [0.5, 0.6) is 5.75 Å².